The van der Waals surface area contributed by atoms with Crippen molar-refractivity contribution in [2.75, 3.05) is 0 Å². The van der Waals surface area contributed by atoms with Crippen molar-refractivity contribution in [1.29, 1.82) is 0 Å². The van der Waals surface area contributed by atoms with Crippen LogP contribution in [0.2, 0.25) is 0 Å². The maximum atomic E-state index is 9.22. The SMILES string of the molecule is Cc1cc(O)cc(C)c1O.[Rf]. The van der Waals surface area contributed by atoms with E-state index in [0.29, 0.717) is 11.1 Å². The van der Waals surface area contributed by atoms with Gasteiger partial charge >= 0.3 is 0 Å². The summed E-state index contributed by atoms with van der Waals surface area (Å²) in [4.78, 5) is 0. The van der Waals surface area contributed by atoms with Crippen molar-refractivity contribution in [2.24, 2.45) is 0 Å². The Kier molecular flexibility index (Phi) is 2.09. The Morgan fingerprint density at radius 2 is 1.36 bits per heavy atom. The molecule has 0 radical (unpaired) electrons. The molecule has 0 aliphatic carbocycles. The second kappa shape index (κ2) is 2.60. The Hall–Kier alpha value is -2.18. The molecule has 0 heterocycles. The summed E-state index contributed by atoms with van der Waals surface area (Å²) in [6.07, 6.45) is 0. The zero-order valence-corrected chi connectivity index (χ0v) is 13.2. The van der Waals surface area contributed by atoms with Crippen LogP contribution >= 0.6 is 0 Å². The molecule has 0 bridgehead atoms. The summed E-state index contributed by atoms with van der Waals surface area (Å²) in [6.45, 7) is 3.50. The van der Waals surface area contributed by atoms with Crippen molar-refractivity contribution in [2.45, 2.75) is 13.8 Å². The summed E-state index contributed by atoms with van der Waals surface area (Å²) in [5, 5.41) is 18.2. The molecule has 0 spiro atoms. The minimum absolute atomic E-state index is 0. The fourth-order valence-electron chi connectivity index (χ4n) is 0.933. The van der Waals surface area contributed by atoms with Gasteiger partial charge in [0.05, 0.1) is 0 Å². The summed E-state index contributed by atoms with van der Waals surface area (Å²) >= 11 is 0. The van der Waals surface area contributed by atoms with E-state index in [0.717, 1.165) is 0 Å². The second-order valence-corrected chi connectivity index (χ2v) is 2.43. The van der Waals surface area contributed by atoms with E-state index in [-0.39, 0.29) is 11.5 Å². The zero-order valence-electron chi connectivity index (χ0n) is 6.76. The number of aryl methyl sites for hydroxylation is 2. The third-order valence-corrected chi connectivity index (χ3v) is 1.48. The molecule has 56 valence electrons. The molecule has 1 aromatic carbocycles. The van der Waals surface area contributed by atoms with Crippen LogP contribution in [-0.2, 0) is 0 Å². The van der Waals surface area contributed by atoms with E-state index in [4.69, 9.17) is 5.11 Å². The first-order valence-electron chi connectivity index (χ1n) is 3.10. The van der Waals surface area contributed by atoms with Crippen molar-refractivity contribution >= 4 is 0 Å². The normalized spacial score (nSPS) is 8.91. The fourth-order valence-corrected chi connectivity index (χ4v) is 0.933. The summed E-state index contributed by atoms with van der Waals surface area (Å²) in [5.74, 6) is 0.464. The predicted octanol–water partition coefficient (Wildman–Crippen LogP) is 1.71. The molecule has 1 rings (SSSR count). The van der Waals surface area contributed by atoms with E-state index >= 15 is 0 Å². The van der Waals surface area contributed by atoms with Crippen LogP contribution in [0, 0.1) is 13.8 Å². The quantitative estimate of drug-likeness (QED) is 0.646. The molecule has 0 saturated heterocycles. The van der Waals surface area contributed by atoms with Crippen LogP contribution in [0.1, 0.15) is 11.1 Å². The van der Waals surface area contributed by atoms with E-state index in [1.807, 2.05) is 0 Å². The summed E-state index contributed by atoms with van der Waals surface area (Å²) in [7, 11) is 0. The number of rotatable bonds is 0. The van der Waals surface area contributed by atoms with Crippen LogP contribution in [0.15, 0.2) is 12.1 Å². The van der Waals surface area contributed by atoms with Crippen molar-refractivity contribution in [3.8, 4) is 11.5 Å². The monoisotopic (exact) mass is 405 g/mol. The Morgan fingerprint density at radius 3 is 1.73 bits per heavy atom. The third-order valence-electron chi connectivity index (χ3n) is 1.48. The van der Waals surface area contributed by atoms with Crippen molar-refractivity contribution < 1.29 is 10.2 Å². The average molecular weight is 405 g/mol. The third kappa shape index (κ3) is 1.39. The van der Waals surface area contributed by atoms with Gasteiger partial charge in [0.2, 0.25) is 0 Å². The van der Waals surface area contributed by atoms with Crippen molar-refractivity contribution in [3.05, 3.63) is 23.3 Å². The second-order valence-electron chi connectivity index (χ2n) is 2.43. The molecule has 1 aromatic rings. The van der Waals surface area contributed by atoms with Gasteiger partial charge in [-0.3, -0.25) is 0 Å². The average Bonchev–Trinajstić information content (AvgIpc) is 1.82. The first-order chi connectivity index (χ1) is 4.61. The first kappa shape index (κ1) is 8.82. The standard InChI is InChI=1S/C8H10O2.Rf/c1-5-3-7(9)4-6(2)8(5)10;/h3-4,9-10H,1-2H3;. The van der Waals surface area contributed by atoms with Gasteiger partial charge in [0, 0.05) is 0 Å². The summed E-state index contributed by atoms with van der Waals surface area (Å²) in [5.41, 5.74) is 1.41. The molecule has 0 fully saturated rings. The van der Waals surface area contributed by atoms with Gasteiger partial charge in [-0.15, -0.1) is 0 Å². The molecular formula is C8H10O2Rf. The number of hydrogen-bond acceptors (Lipinski definition) is 2. The molecule has 0 amide bonds. The van der Waals surface area contributed by atoms with E-state index in [1.54, 1.807) is 13.8 Å². The van der Waals surface area contributed by atoms with Crippen LogP contribution in [0.5, 0.6) is 11.5 Å². The molecule has 11 heavy (non-hydrogen) atoms. The molecule has 2 nitrogen and oxygen atoms in total. The molecule has 0 aliphatic heterocycles. The Bertz CT molecular complexity index is 235. The van der Waals surface area contributed by atoms with Crippen LogP contribution in [0.25, 0.3) is 0 Å². The molecule has 3 heteroatoms. The number of phenols is 2. The Labute approximate surface area is 59.7 Å². The van der Waals surface area contributed by atoms with E-state index in [1.165, 1.54) is 12.1 Å². The molecule has 0 saturated carbocycles. The predicted molar refractivity (Wildman–Crippen MR) is 39.2 cm³/mol. The molecular weight excluding hydrogens is 395 g/mol. The Balaban J connectivity index is 0.000001000. The minimum atomic E-state index is 0. The number of hydrogen-bond donors (Lipinski definition) is 2. The van der Waals surface area contributed by atoms with Gasteiger partial charge in [-0.1, -0.05) is 0 Å². The minimum Gasteiger partial charge on any atom is -0.508 e. The van der Waals surface area contributed by atoms with Gasteiger partial charge in [-0.05, 0) is 37.1 Å². The van der Waals surface area contributed by atoms with Crippen LogP contribution in [-0.4, -0.2) is 10.2 Å². The molecule has 0 unspecified atom stereocenters. The van der Waals surface area contributed by atoms with Gasteiger partial charge < -0.3 is 10.2 Å². The number of phenolic OH excluding ortho intramolecular Hbond substituents is 2. The van der Waals surface area contributed by atoms with Crippen LogP contribution in [0.4, 0.5) is 0 Å². The van der Waals surface area contributed by atoms with Crippen molar-refractivity contribution in [1.82, 2.24) is 0 Å². The largest absolute Gasteiger partial charge is 0.508 e. The number of aromatic hydroxyl groups is 2. The van der Waals surface area contributed by atoms with E-state index < -0.39 is 0 Å². The summed E-state index contributed by atoms with van der Waals surface area (Å²) in [6, 6.07) is 3.06. The molecule has 2 N–H and O–H groups in total. The summed E-state index contributed by atoms with van der Waals surface area (Å²) < 4.78 is 0. The zero-order chi connectivity index (χ0) is 7.72. The molecule has 0 aromatic heterocycles. The van der Waals surface area contributed by atoms with Gasteiger partial charge in [0.15, 0.2) is 0 Å². The van der Waals surface area contributed by atoms with Crippen LogP contribution in [0.3, 0.4) is 0 Å². The maximum Gasteiger partial charge on any atom is 0.121 e. The topological polar surface area (TPSA) is 40.5 Å². The number of benzene rings is 1. The molecule has 0 atom stereocenters. The van der Waals surface area contributed by atoms with Gasteiger partial charge in [0.1, 0.15) is 11.5 Å². The van der Waals surface area contributed by atoms with Gasteiger partial charge in [-0.25, -0.2) is 0 Å². The fraction of sp³-hybridized carbons (Fsp3) is 0.250. The first-order valence-corrected chi connectivity index (χ1v) is 3.10. The van der Waals surface area contributed by atoms with Crippen molar-refractivity contribution in [3.63, 3.8) is 0 Å². The van der Waals surface area contributed by atoms with Crippen LogP contribution < -0.4 is 0 Å². The van der Waals surface area contributed by atoms with E-state index in [2.05, 4.69) is 0 Å². The smallest absolute Gasteiger partial charge is 0.121 e. The Morgan fingerprint density at radius 1 is 1.00 bits per heavy atom. The van der Waals surface area contributed by atoms with Gasteiger partial charge in [0.25, 0.3) is 0 Å². The van der Waals surface area contributed by atoms with E-state index in [9.17, 15) is 5.11 Å². The van der Waals surface area contributed by atoms with Gasteiger partial charge in [-0.2, -0.15) is 0 Å². The molecule has 0 aliphatic rings. The maximum absolute atomic E-state index is 9.22.